The van der Waals surface area contributed by atoms with E-state index in [1.165, 1.54) is 6.42 Å². The minimum Gasteiger partial charge on any atom is -0.389 e. The molecule has 0 aliphatic heterocycles. The second-order valence-electron chi connectivity index (χ2n) is 6.10. The third kappa shape index (κ3) is 3.62. The maximum atomic E-state index is 10.8. The summed E-state index contributed by atoms with van der Waals surface area (Å²) in [6.45, 7) is 5.26. The number of hydrogen-bond acceptors (Lipinski definition) is 3. The number of nitrogens with one attached hydrogen (secondary N) is 1. The van der Waals surface area contributed by atoms with Crippen LogP contribution in [0.3, 0.4) is 0 Å². The van der Waals surface area contributed by atoms with Crippen LogP contribution in [0, 0.1) is 6.92 Å². The number of rotatable bonds is 5. The van der Waals surface area contributed by atoms with Crippen LogP contribution in [0.15, 0.2) is 4.47 Å². The van der Waals surface area contributed by atoms with Crippen molar-refractivity contribution in [2.75, 3.05) is 6.54 Å². The lowest BCUT2D eigenvalue weighted by atomic mass is 9.79. The minimum absolute atomic E-state index is 0.576. The summed E-state index contributed by atoms with van der Waals surface area (Å²) in [7, 11) is 1.95. The molecule has 0 bridgehead atoms. The van der Waals surface area contributed by atoms with E-state index in [4.69, 9.17) is 0 Å². The summed E-state index contributed by atoms with van der Waals surface area (Å²) < 4.78 is 2.93. The summed E-state index contributed by atoms with van der Waals surface area (Å²) in [6.07, 6.45) is 5.71. The van der Waals surface area contributed by atoms with Gasteiger partial charge in [-0.25, -0.2) is 0 Å². The summed E-state index contributed by atoms with van der Waals surface area (Å²) in [5.74, 6) is 0. The number of hydrogen-bond donors (Lipinski definition) is 2. The summed E-state index contributed by atoms with van der Waals surface area (Å²) in [5.41, 5.74) is 1.52. The van der Waals surface area contributed by atoms with Crippen LogP contribution < -0.4 is 5.32 Å². The molecular weight excluding hydrogens is 318 g/mol. The van der Waals surface area contributed by atoms with Crippen molar-refractivity contribution in [2.45, 2.75) is 64.0 Å². The lowest BCUT2D eigenvalue weighted by Crippen LogP contribution is -2.43. The molecule has 1 aliphatic rings. The summed E-state index contributed by atoms with van der Waals surface area (Å²) >= 11 is 3.59. The molecule has 1 aromatic rings. The van der Waals surface area contributed by atoms with Crippen molar-refractivity contribution in [3.05, 3.63) is 15.9 Å². The minimum atomic E-state index is -0.576. The average molecular weight is 344 g/mol. The molecule has 114 valence electrons. The topological polar surface area (TPSA) is 50.1 Å². The third-order valence-corrected chi connectivity index (χ3v) is 5.39. The van der Waals surface area contributed by atoms with Gasteiger partial charge in [-0.2, -0.15) is 5.10 Å². The smallest absolute Gasteiger partial charge is 0.0738 e. The zero-order chi connectivity index (χ0) is 14.8. The highest BCUT2D eigenvalue weighted by Gasteiger charge is 2.34. The van der Waals surface area contributed by atoms with Gasteiger partial charge in [0.05, 0.1) is 21.5 Å². The Hall–Kier alpha value is -0.390. The predicted molar refractivity (Wildman–Crippen MR) is 84.8 cm³/mol. The van der Waals surface area contributed by atoms with Gasteiger partial charge >= 0.3 is 0 Å². The van der Waals surface area contributed by atoms with Crippen molar-refractivity contribution in [1.29, 1.82) is 0 Å². The van der Waals surface area contributed by atoms with Gasteiger partial charge < -0.3 is 10.4 Å². The molecule has 4 nitrogen and oxygen atoms in total. The fourth-order valence-electron chi connectivity index (χ4n) is 3.07. The van der Waals surface area contributed by atoms with Gasteiger partial charge in [0.15, 0.2) is 0 Å². The van der Waals surface area contributed by atoms with Crippen LogP contribution in [0.2, 0.25) is 0 Å². The van der Waals surface area contributed by atoms with E-state index in [2.05, 4.69) is 33.3 Å². The fraction of sp³-hybridized carbons (Fsp3) is 0.800. The van der Waals surface area contributed by atoms with Crippen LogP contribution in [0.4, 0.5) is 0 Å². The Labute approximate surface area is 130 Å². The van der Waals surface area contributed by atoms with Crippen LogP contribution in [-0.4, -0.2) is 33.1 Å². The molecule has 0 aromatic carbocycles. The highest BCUT2D eigenvalue weighted by molar-refractivity contribution is 9.10. The molecule has 1 aromatic heterocycles. The van der Waals surface area contributed by atoms with Gasteiger partial charge in [-0.1, -0.05) is 6.92 Å². The Balaban J connectivity index is 1.96. The third-order valence-electron chi connectivity index (χ3n) is 4.36. The molecule has 0 amide bonds. The summed E-state index contributed by atoms with van der Waals surface area (Å²) in [4.78, 5) is 0. The van der Waals surface area contributed by atoms with Crippen LogP contribution in [0.5, 0.6) is 0 Å². The number of nitrogens with zero attached hydrogens (tertiary/aromatic N) is 2. The Morgan fingerprint density at radius 2 is 2.10 bits per heavy atom. The molecule has 5 heteroatoms. The molecule has 20 heavy (non-hydrogen) atoms. The molecule has 1 heterocycles. The Morgan fingerprint density at radius 1 is 1.45 bits per heavy atom. The van der Waals surface area contributed by atoms with Crippen molar-refractivity contribution in [3.63, 3.8) is 0 Å². The molecule has 0 radical (unpaired) electrons. The highest BCUT2D eigenvalue weighted by atomic mass is 79.9. The van der Waals surface area contributed by atoms with Crippen LogP contribution in [0.25, 0.3) is 0 Å². The molecule has 0 unspecified atom stereocenters. The van der Waals surface area contributed by atoms with E-state index in [9.17, 15) is 5.11 Å². The zero-order valence-corrected chi connectivity index (χ0v) is 14.3. The van der Waals surface area contributed by atoms with Crippen molar-refractivity contribution in [2.24, 2.45) is 7.05 Å². The highest BCUT2D eigenvalue weighted by Crippen LogP contribution is 2.34. The molecule has 2 N–H and O–H groups in total. The Morgan fingerprint density at radius 3 is 2.60 bits per heavy atom. The summed E-state index contributed by atoms with van der Waals surface area (Å²) in [6, 6.07) is 0.576. The average Bonchev–Trinajstić information content (AvgIpc) is 2.65. The van der Waals surface area contributed by atoms with E-state index < -0.39 is 5.60 Å². The van der Waals surface area contributed by atoms with Crippen molar-refractivity contribution < 1.29 is 5.11 Å². The van der Waals surface area contributed by atoms with Gasteiger partial charge in [-0.3, -0.25) is 4.68 Å². The molecule has 1 aliphatic carbocycles. The van der Waals surface area contributed by atoms with Crippen LogP contribution in [-0.2, 0) is 13.5 Å². The van der Waals surface area contributed by atoms with Gasteiger partial charge in [0.25, 0.3) is 0 Å². The maximum Gasteiger partial charge on any atom is 0.0738 e. The normalized spacial score (nSPS) is 26.9. The first-order valence-electron chi connectivity index (χ1n) is 7.59. The Bertz CT molecular complexity index is 450. The van der Waals surface area contributed by atoms with Crippen LogP contribution >= 0.6 is 15.9 Å². The molecule has 0 spiro atoms. The standard InChI is InChI=1S/C15H26BrN3O/c1-4-9-17-12-5-7-15(20,8-6-12)10-13-14(16)11(2)18-19(13)3/h12,17,20H,4-10H2,1-3H3. The molecule has 0 saturated heterocycles. The quantitative estimate of drug-likeness (QED) is 0.864. The maximum absolute atomic E-state index is 10.8. The first kappa shape index (κ1) is 16.0. The number of aromatic nitrogens is 2. The number of halogens is 1. The molecule has 1 saturated carbocycles. The fourth-order valence-corrected chi connectivity index (χ4v) is 3.54. The predicted octanol–water partition coefficient (Wildman–Crippen LogP) is 2.71. The van der Waals surface area contributed by atoms with Crippen LogP contribution in [0.1, 0.15) is 50.4 Å². The van der Waals surface area contributed by atoms with E-state index in [1.54, 1.807) is 0 Å². The van der Waals surface area contributed by atoms with E-state index in [0.29, 0.717) is 12.5 Å². The monoisotopic (exact) mass is 343 g/mol. The molecule has 2 rings (SSSR count). The zero-order valence-electron chi connectivity index (χ0n) is 12.7. The number of aliphatic hydroxyl groups is 1. The molecule has 1 fully saturated rings. The van der Waals surface area contributed by atoms with E-state index >= 15 is 0 Å². The van der Waals surface area contributed by atoms with E-state index in [-0.39, 0.29) is 0 Å². The molecule has 0 atom stereocenters. The first-order valence-corrected chi connectivity index (χ1v) is 8.38. The summed E-state index contributed by atoms with van der Waals surface area (Å²) in [5, 5.41) is 18.8. The second-order valence-corrected chi connectivity index (χ2v) is 6.89. The van der Waals surface area contributed by atoms with Crippen molar-refractivity contribution in [1.82, 2.24) is 15.1 Å². The van der Waals surface area contributed by atoms with Gasteiger partial charge in [-0.05, 0) is 61.5 Å². The van der Waals surface area contributed by atoms with Gasteiger partial charge in [0.1, 0.15) is 0 Å². The largest absolute Gasteiger partial charge is 0.389 e. The number of aryl methyl sites for hydroxylation is 2. The van der Waals surface area contributed by atoms with Gasteiger partial charge in [-0.15, -0.1) is 0 Å². The second kappa shape index (κ2) is 6.58. The first-order chi connectivity index (χ1) is 9.45. The SMILES string of the molecule is CCCNC1CCC(O)(Cc2c(Br)c(C)nn2C)CC1. The lowest BCUT2D eigenvalue weighted by Gasteiger charge is -2.36. The van der Waals surface area contributed by atoms with Gasteiger partial charge in [0, 0.05) is 19.5 Å². The van der Waals surface area contributed by atoms with E-state index in [0.717, 1.165) is 48.1 Å². The van der Waals surface area contributed by atoms with E-state index in [1.807, 2.05) is 18.7 Å². The molecular formula is C15H26BrN3O. The van der Waals surface area contributed by atoms with Crippen molar-refractivity contribution in [3.8, 4) is 0 Å². The lowest BCUT2D eigenvalue weighted by molar-refractivity contribution is -0.00467. The van der Waals surface area contributed by atoms with Crippen molar-refractivity contribution >= 4 is 15.9 Å². The van der Waals surface area contributed by atoms with Gasteiger partial charge in [0.2, 0.25) is 0 Å². The Kier molecular flexibility index (Phi) is 5.26.